The molecule has 1 heterocycles. The lowest BCUT2D eigenvalue weighted by molar-refractivity contribution is -0.0393. The fourth-order valence-corrected chi connectivity index (χ4v) is 5.19. The Morgan fingerprint density at radius 3 is 3.00 bits per heavy atom. The topological polar surface area (TPSA) is 43.7 Å². The molecule has 1 unspecified atom stereocenters. The van der Waals surface area contributed by atoms with Crippen molar-refractivity contribution in [1.29, 1.82) is 0 Å². The van der Waals surface area contributed by atoms with E-state index in [0.29, 0.717) is 17.7 Å². The zero-order valence-corrected chi connectivity index (χ0v) is 12.0. The minimum Gasteiger partial charge on any atom is -0.508 e. The van der Waals surface area contributed by atoms with Gasteiger partial charge in [0, 0.05) is 11.5 Å². The van der Waals surface area contributed by atoms with E-state index in [1.54, 1.807) is 0 Å². The van der Waals surface area contributed by atoms with Crippen molar-refractivity contribution in [1.82, 2.24) is 4.90 Å². The van der Waals surface area contributed by atoms with Crippen molar-refractivity contribution >= 4 is 0 Å². The third-order valence-corrected chi connectivity index (χ3v) is 6.12. The van der Waals surface area contributed by atoms with Crippen LogP contribution in [0.3, 0.4) is 0 Å². The summed E-state index contributed by atoms with van der Waals surface area (Å²) in [5.74, 6) is 1.01. The molecule has 108 valence electrons. The Balaban J connectivity index is 1.90. The minimum absolute atomic E-state index is 0.0984. The molecule has 3 heteroatoms. The molecule has 1 aliphatic heterocycles. The van der Waals surface area contributed by atoms with Gasteiger partial charge in [-0.1, -0.05) is 6.07 Å². The molecule has 1 saturated heterocycles. The average Bonchev–Trinajstić information content (AvgIpc) is 2.43. The fraction of sp³-hybridized carbons (Fsp3) is 0.647. The van der Waals surface area contributed by atoms with Crippen LogP contribution >= 0.6 is 0 Å². The molecule has 2 fully saturated rings. The summed E-state index contributed by atoms with van der Waals surface area (Å²) in [4.78, 5) is 2.51. The van der Waals surface area contributed by atoms with Gasteiger partial charge in [-0.3, -0.25) is 0 Å². The van der Waals surface area contributed by atoms with E-state index in [2.05, 4.69) is 18.0 Å². The number of likely N-dealkylation sites (tertiary alicyclic amines) is 1. The number of likely N-dealkylation sites (N-methyl/N-ethyl adjacent to an activating group) is 1. The number of piperidine rings is 1. The molecule has 0 amide bonds. The van der Waals surface area contributed by atoms with Gasteiger partial charge in [0.25, 0.3) is 0 Å². The molecule has 2 N–H and O–H groups in total. The van der Waals surface area contributed by atoms with E-state index >= 15 is 0 Å². The Bertz CT molecular complexity index is 544. The van der Waals surface area contributed by atoms with Crippen molar-refractivity contribution in [3.8, 4) is 5.75 Å². The number of phenols is 1. The van der Waals surface area contributed by atoms with Gasteiger partial charge in [0.1, 0.15) is 5.75 Å². The summed E-state index contributed by atoms with van der Waals surface area (Å²) in [5.41, 5.74) is 2.80. The summed E-state index contributed by atoms with van der Waals surface area (Å²) >= 11 is 0. The van der Waals surface area contributed by atoms with E-state index in [0.717, 1.165) is 38.6 Å². The Morgan fingerprint density at radius 2 is 2.15 bits per heavy atom. The second-order valence-electron chi connectivity index (χ2n) is 7.04. The predicted molar refractivity (Wildman–Crippen MR) is 77.9 cm³/mol. The molecule has 20 heavy (non-hydrogen) atoms. The highest BCUT2D eigenvalue weighted by Gasteiger charge is 2.54. The Morgan fingerprint density at radius 1 is 1.30 bits per heavy atom. The van der Waals surface area contributed by atoms with Gasteiger partial charge in [-0.25, -0.2) is 0 Å². The van der Waals surface area contributed by atoms with E-state index in [-0.39, 0.29) is 11.5 Å². The third kappa shape index (κ3) is 1.60. The molecule has 0 spiro atoms. The van der Waals surface area contributed by atoms with E-state index < -0.39 is 0 Å². The molecule has 0 radical (unpaired) electrons. The number of aliphatic hydroxyl groups is 1. The number of hydrogen-bond donors (Lipinski definition) is 2. The monoisotopic (exact) mass is 273 g/mol. The lowest BCUT2D eigenvalue weighted by Crippen LogP contribution is -2.61. The molecule has 1 aromatic carbocycles. The molecule has 1 aromatic rings. The van der Waals surface area contributed by atoms with Crippen molar-refractivity contribution in [3.63, 3.8) is 0 Å². The van der Waals surface area contributed by atoms with Crippen LogP contribution in [0.25, 0.3) is 0 Å². The molecule has 2 aliphatic carbocycles. The molecular weight excluding hydrogens is 250 g/mol. The lowest BCUT2D eigenvalue weighted by atomic mass is 9.52. The molecular formula is C17H23NO2. The lowest BCUT2D eigenvalue weighted by Gasteiger charge is -2.59. The van der Waals surface area contributed by atoms with Crippen LogP contribution in [0.1, 0.15) is 36.8 Å². The normalized spacial score (nSPS) is 40.0. The van der Waals surface area contributed by atoms with E-state index in [9.17, 15) is 10.2 Å². The number of benzene rings is 1. The van der Waals surface area contributed by atoms with Crippen LogP contribution in [0, 0.1) is 5.92 Å². The molecule has 3 nitrogen and oxygen atoms in total. The molecule has 2 bridgehead atoms. The number of aromatic hydroxyl groups is 1. The summed E-state index contributed by atoms with van der Waals surface area (Å²) in [6, 6.07) is 6.48. The van der Waals surface area contributed by atoms with Crippen molar-refractivity contribution in [2.45, 2.75) is 49.7 Å². The largest absolute Gasteiger partial charge is 0.508 e. The van der Waals surface area contributed by atoms with Gasteiger partial charge in [-0.2, -0.15) is 0 Å². The highest BCUT2D eigenvalue weighted by atomic mass is 16.3. The first-order valence-electron chi connectivity index (χ1n) is 7.81. The van der Waals surface area contributed by atoms with Gasteiger partial charge >= 0.3 is 0 Å². The van der Waals surface area contributed by atoms with Gasteiger partial charge in [0.2, 0.25) is 0 Å². The van der Waals surface area contributed by atoms with Crippen LogP contribution in [0.15, 0.2) is 18.2 Å². The Hall–Kier alpha value is -1.06. The third-order valence-electron chi connectivity index (χ3n) is 6.12. The number of aliphatic hydroxyl groups excluding tert-OH is 1. The van der Waals surface area contributed by atoms with Gasteiger partial charge in [0.15, 0.2) is 0 Å². The predicted octanol–water partition coefficient (Wildman–Crippen LogP) is 2.05. The SMILES string of the molecule is CN1CC[C@]23CC(O)CC[C@H]2[C@H]1Cc1ccc(O)cc13. The molecule has 3 aliphatic rings. The molecule has 4 atom stereocenters. The zero-order chi connectivity index (χ0) is 13.9. The molecule has 0 aromatic heterocycles. The summed E-state index contributed by atoms with van der Waals surface area (Å²) in [6.45, 7) is 1.10. The summed E-state index contributed by atoms with van der Waals surface area (Å²) < 4.78 is 0. The van der Waals surface area contributed by atoms with Crippen molar-refractivity contribution in [2.75, 3.05) is 13.6 Å². The first-order valence-corrected chi connectivity index (χ1v) is 7.81. The first-order chi connectivity index (χ1) is 9.60. The van der Waals surface area contributed by atoms with Crippen LogP contribution in [0.2, 0.25) is 0 Å². The highest BCUT2D eigenvalue weighted by molar-refractivity contribution is 5.45. The van der Waals surface area contributed by atoms with Gasteiger partial charge in [-0.05, 0) is 74.9 Å². The summed E-state index contributed by atoms with van der Waals surface area (Å²) in [7, 11) is 2.24. The summed E-state index contributed by atoms with van der Waals surface area (Å²) in [6.07, 6.45) is 4.95. The number of nitrogens with zero attached hydrogens (tertiary/aromatic N) is 1. The van der Waals surface area contributed by atoms with Crippen LogP contribution in [-0.4, -0.2) is 40.9 Å². The van der Waals surface area contributed by atoms with Gasteiger partial charge < -0.3 is 15.1 Å². The van der Waals surface area contributed by atoms with Gasteiger partial charge in [-0.15, -0.1) is 0 Å². The quantitative estimate of drug-likeness (QED) is 0.760. The van der Waals surface area contributed by atoms with E-state index in [1.165, 1.54) is 11.1 Å². The fourth-order valence-electron chi connectivity index (χ4n) is 5.19. The van der Waals surface area contributed by atoms with E-state index in [4.69, 9.17) is 0 Å². The van der Waals surface area contributed by atoms with Gasteiger partial charge in [0.05, 0.1) is 6.10 Å². The van der Waals surface area contributed by atoms with Crippen molar-refractivity contribution < 1.29 is 10.2 Å². The van der Waals surface area contributed by atoms with Crippen LogP contribution in [-0.2, 0) is 11.8 Å². The zero-order valence-electron chi connectivity index (χ0n) is 12.0. The van der Waals surface area contributed by atoms with Crippen LogP contribution in [0.5, 0.6) is 5.75 Å². The van der Waals surface area contributed by atoms with Crippen LogP contribution < -0.4 is 0 Å². The first kappa shape index (κ1) is 12.7. The highest BCUT2D eigenvalue weighted by Crippen LogP contribution is 2.55. The number of rotatable bonds is 0. The molecule has 4 rings (SSSR count). The maximum atomic E-state index is 10.2. The molecule has 1 saturated carbocycles. The second kappa shape index (κ2) is 4.22. The van der Waals surface area contributed by atoms with Crippen molar-refractivity contribution in [2.24, 2.45) is 5.92 Å². The second-order valence-corrected chi connectivity index (χ2v) is 7.04. The maximum absolute atomic E-state index is 10.2. The standard InChI is InChI=1S/C17H23NO2/c1-18-7-6-17-10-13(20)4-5-14(17)16(18)8-11-2-3-12(19)9-15(11)17/h2-3,9,13-14,16,19-20H,4-8,10H2,1H3/t13?,14-,16+,17-/m0/s1. The van der Waals surface area contributed by atoms with E-state index in [1.807, 2.05) is 12.1 Å². The minimum atomic E-state index is -0.177. The van der Waals surface area contributed by atoms with Crippen LogP contribution in [0.4, 0.5) is 0 Å². The number of fused-ring (bicyclic) bond motifs is 1. The smallest absolute Gasteiger partial charge is 0.115 e. The number of phenolic OH excluding ortho intramolecular Hbond substituents is 1. The maximum Gasteiger partial charge on any atom is 0.115 e. The Labute approximate surface area is 120 Å². The Kier molecular flexibility index (Phi) is 2.67. The summed E-state index contributed by atoms with van der Waals surface area (Å²) in [5, 5.41) is 20.2. The average molecular weight is 273 g/mol. The van der Waals surface area contributed by atoms with Crippen molar-refractivity contribution in [3.05, 3.63) is 29.3 Å². The number of hydrogen-bond acceptors (Lipinski definition) is 3.